The Labute approximate surface area is 92.4 Å². The molecule has 1 heterocycles. The molecular weight excluding hydrogens is 213 g/mol. The summed E-state index contributed by atoms with van der Waals surface area (Å²) in [6.45, 7) is 2.67. The predicted molar refractivity (Wildman–Crippen MR) is 56.7 cm³/mol. The Morgan fingerprint density at radius 3 is 2.53 bits per heavy atom. The molecule has 0 atom stereocenters. The summed E-state index contributed by atoms with van der Waals surface area (Å²) in [6.07, 6.45) is 0. The lowest BCUT2D eigenvalue weighted by Gasteiger charge is -2.09. The smallest absolute Gasteiger partial charge is 0.162 e. The van der Waals surface area contributed by atoms with Crippen LogP contribution in [0.1, 0.15) is 6.92 Å². The molecule has 15 heavy (non-hydrogen) atoms. The van der Waals surface area contributed by atoms with Crippen LogP contribution in [0, 0.1) is 5.82 Å². The lowest BCUT2D eigenvalue weighted by atomic mass is 10.2. The fourth-order valence-corrected chi connectivity index (χ4v) is 1.64. The van der Waals surface area contributed by atoms with Gasteiger partial charge in [-0.1, -0.05) is 0 Å². The second-order valence-electron chi connectivity index (χ2n) is 3.06. The van der Waals surface area contributed by atoms with Crippen molar-refractivity contribution in [3.05, 3.63) is 30.1 Å². The Morgan fingerprint density at radius 1 is 1.27 bits per heavy atom. The molecular formula is C10H9FN3S-. The van der Waals surface area contributed by atoms with Gasteiger partial charge in [0, 0.05) is 17.3 Å². The zero-order valence-electron chi connectivity index (χ0n) is 8.14. The van der Waals surface area contributed by atoms with Crippen molar-refractivity contribution in [3.63, 3.8) is 0 Å². The van der Waals surface area contributed by atoms with E-state index in [1.54, 1.807) is 12.1 Å². The van der Waals surface area contributed by atoms with Crippen LogP contribution >= 0.6 is 0 Å². The van der Waals surface area contributed by atoms with Crippen LogP contribution in [0.2, 0.25) is 0 Å². The Bertz CT molecular complexity index is 464. The molecule has 0 N–H and O–H groups in total. The highest BCUT2D eigenvalue weighted by Gasteiger charge is 2.06. The zero-order valence-corrected chi connectivity index (χ0v) is 8.96. The second kappa shape index (κ2) is 3.94. The normalized spacial score (nSPS) is 10.5. The maximum atomic E-state index is 12.7. The quantitative estimate of drug-likeness (QED) is 0.728. The molecule has 0 spiro atoms. The molecule has 0 unspecified atom stereocenters. The van der Waals surface area contributed by atoms with Crippen molar-refractivity contribution in [2.24, 2.45) is 0 Å². The monoisotopic (exact) mass is 222 g/mol. The fourth-order valence-electron chi connectivity index (χ4n) is 1.39. The van der Waals surface area contributed by atoms with Gasteiger partial charge in [-0.3, -0.25) is 0 Å². The number of hydrogen-bond donors (Lipinski definition) is 0. The molecule has 1 aromatic carbocycles. The Balaban J connectivity index is 2.49. The van der Waals surface area contributed by atoms with Crippen LogP contribution in [0.25, 0.3) is 11.4 Å². The van der Waals surface area contributed by atoms with E-state index in [2.05, 4.69) is 10.2 Å². The van der Waals surface area contributed by atoms with Gasteiger partial charge in [0.15, 0.2) is 5.82 Å². The molecule has 0 fully saturated rings. The molecule has 2 aromatic rings. The summed E-state index contributed by atoms with van der Waals surface area (Å²) in [4.78, 5) is 0. The van der Waals surface area contributed by atoms with Crippen LogP contribution in [0.4, 0.5) is 4.39 Å². The molecule has 2 rings (SSSR count). The van der Waals surface area contributed by atoms with E-state index in [1.165, 1.54) is 12.1 Å². The minimum atomic E-state index is -0.264. The third-order valence-electron chi connectivity index (χ3n) is 2.14. The number of nitrogens with zero attached hydrogens (tertiary/aromatic N) is 3. The molecule has 0 saturated carbocycles. The van der Waals surface area contributed by atoms with Crippen LogP contribution in [0.3, 0.4) is 0 Å². The maximum Gasteiger partial charge on any atom is 0.162 e. The van der Waals surface area contributed by atoms with Gasteiger partial charge in [-0.25, -0.2) is 4.39 Å². The van der Waals surface area contributed by atoms with Crippen LogP contribution in [0.15, 0.2) is 29.4 Å². The predicted octanol–water partition coefficient (Wildman–Crippen LogP) is 2.01. The first-order chi connectivity index (χ1) is 7.22. The summed E-state index contributed by atoms with van der Waals surface area (Å²) in [5.41, 5.74) is 0.821. The van der Waals surface area contributed by atoms with E-state index < -0.39 is 0 Å². The second-order valence-corrected chi connectivity index (χ2v) is 3.42. The molecule has 0 saturated heterocycles. The number of benzene rings is 1. The third kappa shape index (κ3) is 1.83. The van der Waals surface area contributed by atoms with Crippen LogP contribution in [-0.2, 0) is 19.2 Å². The molecule has 0 aliphatic carbocycles. The highest BCUT2D eigenvalue weighted by atomic mass is 32.1. The van der Waals surface area contributed by atoms with Crippen molar-refractivity contribution in [2.45, 2.75) is 18.6 Å². The van der Waals surface area contributed by atoms with Gasteiger partial charge in [-0.2, -0.15) is 5.10 Å². The molecule has 0 radical (unpaired) electrons. The van der Waals surface area contributed by atoms with E-state index in [-0.39, 0.29) is 5.82 Å². The number of aromatic nitrogens is 3. The minimum Gasteiger partial charge on any atom is -0.740 e. The van der Waals surface area contributed by atoms with Gasteiger partial charge < -0.3 is 17.2 Å². The summed E-state index contributed by atoms with van der Waals surface area (Å²) in [7, 11) is 0. The molecule has 0 aliphatic rings. The number of rotatable bonds is 2. The van der Waals surface area contributed by atoms with Crippen LogP contribution < -0.4 is 0 Å². The van der Waals surface area contributed by atoms with Crippen molar-refractivity contribution < 1.29 is 4.39 Å². The van der Waals surface area contributed by atoms with Crippen LogP contribution in [-0.4, -0.2) is 14.8 Å². The summed E-state index contributed by atoms with van der Waals surface area (Å²) in [5.74, 6) is 0.419. The molecule has 78 valence electrons. The lowest BCUT2D eigenvalue weighted by molar-refractivity contribution is 0.627. The standard InChI is InChI=1S/C10H10FN3S/c1-2-14-9(12-13-10(14)15)7-3-5-8(11)6-4-7/h3-6H,2H2,1H3,(H,13,15)/p-1. The summed E-state index contributed by atoms with van der Waals surface area (Å²) >= 11 is 5.01. The van der Waals surface area contributed by atoms with E-state index in [0.29, 0.717) is 17.5 Å². The Morgan fingerprint density at radius 2 is 1.93 bits per heavy atom. The lowest BCUT2D eigenvalue weighted by Crippen LogP contribution is -1.99. The fraction of sp³-hybridized carbons (Fsp3) is 0.200. The van der Waals surface area contributed by atoms with Gasteiger partial charge in [-0.15, -0.1) is 5.10 Å². The Kier molecular flexibility index (Phi) is 2.64. The highest BCUT2D eigenvalue weighted by molar-refractivity contribution is 7.58. The van der Waals surface area contributed by atoms with E-state index in [9.17, 15) is 4.39 Å². The largest absolute Gasteiger partial charge is 0.740 e. The van der Waals surface area contributed by atoms with Gasteiger partial charge in [0.25, 0.3) is 0 Å². The molecule has 1 aromatic heterocycles. The molecule has 0 aliphatic heterocycles. The van der Waals surface area contributed by atoms with E-state index in [4.69, 9.17) is 12.6 Å². The van der Waals surface area contributed by atoms with Gasteiger partial charge in [-0.05, 0) is 31.2 Å². The van der Waals surface area contributed by atoms with Crippen molar-refractivity contribution >= 4 is 12.6 Å². The first kappa shape index (κ1) is 10.0. The first-order valence-corrected chi connectivity index (χ1v) is 4.99. The minimum absolute atomic E-state index is 0.264. The summed E-state index contributed by atoms with van der Waals surface area (Å²) in [5, 5.41) is 8.25. The summed E-state index contributed by atoms with van der Waals surface area (Å²) in [6, 6.07) is 6.13. The average molecular weight is 222 g/mol. The molecule has 3 nitrogen and oxygen atoms in total. The highest BCUT2D eigenvalue weighted by Crippen LogP contribution is 2.18. The van der Waals surface area contributed by atoms with E-state index >= 15 is 0 Å². The molecule has 5 heteroatoms. The van der Waals surface area contributed by atoms with Gasteiger partial charge in [0.05, 0.1) is 0 Å². The van der Waals surface area contributed by atoms with Crippen molar-refractivity contribution in [3.8, 4) is 11.4 Å². The Hall–Kier alpha value is -1.49. The van der Waals surface area contributed by atoms with E-state index in [0.717, 1.165) is 5.56 Å². The van der Waals surface area contributed by atoms with Gasteiger partial charge >= 0.3 is 0 Å². The topological polar surface area (TPSA) is 30.7 Å². The zero-order chi connectivity index (χ0) is 10.8. The first-order valence-electron chi connectivity index (χ1n) is 4.58. The van der Waals surface area contributed by atoms with Crippen molar-refractivity contribution in [1.82, 2.24) is 14.8 Å². The van der Waals surface area contributed by atoms with Crippen molar-refractivity contribution in [1.29, 1.82) is 0 Å². The summed E-state index contributed by atoms with van der Waals surface area (Å²) < 4.78 is 14.5. The SMILES string of the molecule is CCn1c([S-])nnc1-c1ccc(F)cc1. The number of hydrogen-bond acceptors (Lipinski definition) is 3. The molecule has 0 amide bonds. The van der Waals surface area contributed by atoms with Gasteiger partial charge in [0.1, 0.15) is 5.82 Å². The maximum absolute atomic E-state index is 12.7. The van der Waals surface area contributed by atoms with Gasteiger partial charge in [0.2, 0.25) is 0 Å². The molecule has 0 bridgehead atoms. The third-order valence-corrected chi connectivity index (χ3v) is 2.44. The van der Waals surface area contributed by atoms with Crippen LogP contribution in [0.5, 0.6) is 0 Å². The number of halogens is 1. The van der Waals surface area contributed by atoms with E-state index in [1.807, 2.05) is 11.5 Å². The van der Waals surface area contributed by atoms with Crippen molar-refractivity contribution in [2.75, 3.05) is 0 Å². The average Bonchev–Trinajstić information content (AvgIpc) is 2.61.